The zero-order valence-corrected chi connectivity index (χ0v) is 22.1. The van der Waals surface area contributed by atoms with E-state index in [4.69, 9.17) is 0 Å². The predicted octanol–water partition coefficient (Wildman–Crippen LogP) is 3.73. The van der Waals surface area contributed by atoms with Gasteiger partial charge in [0, 0.05) is 36.1 Å². The molecule has 0 aliphatic carbocycles. The van der Waals surface area contributed by atoms with E-state index in [0.29, 0.717) is 34.8 Å². The van der Waals surface area contributed by atoms with Crippen molar-refractivity contribution in [1.29, 1.82) is 0 Å². The summed E-state index contributed by atoms with van der Waals surface area (Å²) in [6.45, 7) is 3.38. The number of aliphatic hydroxyl groups excluding tert-OH is 1. The highest BCUT2D eigenvalue weighted by molar-refractivity contribution is 6.03. The van der Waals surface area contributed by atoms with Crippen LogP contribution in [-0.2, 0) is 6.18 Å². The third kappa shape index (κ3) is 6.97. The summed E-state index contributed by atoms with van der Waals surface area (Å²) in [4.78, 5) is 38.0. The third-order valence-corrected chi connectivity index (χ3v) is 5.88. The highest BCUT2D eigenvalue weighted by Gasteiger charge is 2.32. The van der Waals surface area contributed by atoms with E-state index >= 15 is 0 Å². The van der Waals surface area contributed by atoms with Crippen molar-refractivity contribution in [2.45, 2.75) is 26.1 Å². The number of pyridine rings is 1. The molecule has 4 rings (SSSR count). The van der Waals surface area contributed by atoms with Crippen LogP contribution in [-0.4, -0.2) is 61.8 Å². The van der Waals surface area contributed by atoms with E-state index in [0.717, 1.165) is 5.56 Å². The van der Waals surface area contributed by atoms with Crippen LogP contribution in [0.5, 0.6) is 0 Å². The Morgan fingerprint density at radius 1 is 1.00 bits per heavy atom. The number of nitrogens with one attached hydrogen (secondary N) is 3. The fraction of sp³-hybridized carbons (Fsp3) is 0.222. The van der Waals surface area contributed by atoms with Gasteiger partial charge in [-0.05, 0) is 55.8 Å². The number of aryl methyl sites for hydroxylation is 1. The summed E-state index contributed by atoms with van der Waals surface area (Å²) in [6.07, 6.45) is -2.66. The molecule has 0 unspecified atom stereocenters. The normalized spacial score (nSPS) is 12.0. The second-order valence-corrected chi connectivity index (χ2v) is 9.01. The standard InChI is InChI=1S/C27H25F3N8O3/c1-14-4-5-18(35-25(41)23-9-17(12-33-38-23)27(28,29)30)10-19(14)21-11-20(36-26(37-21)34-15(2)13-39)16-6-7-32-22(8-16)24(40)31-3/h4-12,15,39H,13H2,1-3H3,(H,31,40)(H,35,41)(H,34,36,37)/t15-/m1/s1. The first-order chi connectivity index (χ1) is 19.5. The molecule has 0 aliphatic rings. The second-order valence-electron chi connectivity index (χ2n) is 9.01. The Morgan fingerprint density at radius 2 is 1.76 bits per heavy atom. The summed E-state index contributed by atoms with van der Waals surface area (Å²) < 4.78 is 39.2. The Balaban J connectivity index is 1.73. The molecular weight excluding hydrogens is 541 g/mol. The van der Waals surface area contributed by atoms with Gasteiger partial charge in [0.15, 0.2) is 5.69 Å². The molecule has 0 spiro atoms. The second kappa shape index (κ2) is 12.0. The van der Waals surface area contributed by atoms with E-state index in [9.17, 15) is 27.9 Å². The Hall–Kier alpha value is -4.98. The number of alkyl halides is 3. The maximum atomic E-state index is 13.1. The summed E-state index contributed by atoms with van der Waals surface area (Å²) in [5, 5.41) is 24.4. The van der Waals surface area contributed by atoms with Gasteiger partial charge in [-0.1, -0.05) is 6.07 Å². The average molecular weight is 567 g/mol. The topological polar surface area (TPSA) is 155 Å². The summed E-state index contributed by atoms with van der Waals surface area (Å²) in [7, 11) is 1.49. The number of rotatable bonds is 8. The lowest BCUT2D eigenvalue weighted by Crippen LogP contribution is -2.21. The maximum absolute atomic E-state index is 13.1. The minimum atomic E-state index is -4.68. The van der Waals surface area contributed by atoms with Crippen molar-refractivity contribution in [2.24, 2.45) is 0 Å². The predicted molar refractivity (Wildman–Crippen MR) is 144 cm³/mol. The van der Waals surface area contributed by atoms with Gasteiger partial charge >= 0.3 is 6.18 Å². The van der Waals surface area contributed by atoms with E-state index in [1.54, 1.807) is 43.3 Å². The van der Waals surface area contributed by atoms with E-state index in [1.165, 1.54) is 13.2 Å². The largest absolute Gasteiger partial charge is 0.418 e. The number of benzene rings is 1. The number of aromatic nitrogens is 5. The minimum absolute atomic E-state index is 0.182. The maximum Gasteiger partial charge on any atom is 0.418 e. The molecule has 4 N–H and O–H groups in total. The summed E-state index contributed by atoms with van der Waals surface area (Å²) in [5.41, 5.74) is 1.68. The number of nitrogens with zero attached hydrogens (tertiary/aromatic N) is 5. The third-order valence-electron chi connectivity index (χ3n) is 5.88. The molecule has 0 saturated heterocycles. The van der Waals surface area contributed by atoms with Gasteiger partial charge in [-0.15, -0.1) is 5.10 Å². The molecule has 4 aromatic rings. The Kier molecular flexibility index (Phi) is 8.52. The molecule has 14 heteroatoms. The average Bonchev–Trinajstić information content (AvgIpc) is 2.97. The Morgan fingerprint density at radius 3 is 2.46 bits per heavy atom. The zero-order chi connectivity index (χ0) is 29.7. The molecular formula is C27H25F3N8O3. The SMILES string of the molecule is CNC(=O)c1cc(-c2cc(-c3cc(NC(=O)c4cc(C(F)(F)F)cnn4)ccc3C)nc(N[C@H](C)CO)n2)ccn1. The van der Waals surface area contributed by atoms with Gasteiger partial charge in [-0.3, -0.25) is 14.6 Å². The van der Waals surface area contributed by atoms with Crippen LogP contribution in [0.4, 0.5) is 24.8 Å². The number of anilines is 2. The van der Waals surface area contributed by atoms with Crippen LogP contribution in [0.25, 0.3) is 22.5 Å². The quantitative estimate of drug-likeness (QED) is 0.250. The van der Waals surface area contributed by atoms with Gasteiger partial charge < -0.3 is 21.1 Å². The molecule has 2 amide bonds. The lowest BCUT2D eigenvalue weighted by Gasteiger charge is -2.15. The van der Waals surface area contributed by atoms with Gasteiger partial charge in [0.2, 0.25) is 5.95 Å². The number of hydrogen-bond acceptors (Lipinski definition) is 9. The molecule has 3 heterocycles. The van der Waals surface area contributed by atoms with Gasteiger partial charge in [-0.2, -0.15) is 18.3 Å². The van der Waals surface area contributed by atoms with Crippen LogP contribution in [0.1, 0.15) is 39.0 Å². The molecule has 3 aromatic heterocycles. The van der Waals surface area contributed by atoms with Gasteiger partial charge in [-0.25, -0.2) is 9.97 Å². The molecule has 0 radical (unpaired) electrons. The van der Waals surface area contributed by atoms with Crippen molar-refractivity contribution >= 4 is 23.5 Å². The van der Waals surface area contributed by atoms with Gasteiger partial charge in [0.1, 0.15) is 5.69 Å². The van der Waals surface area contributed by atoms with E-state index < -0.39 is 23.3 Å². The molecule has 1 aromatic carbocycles. The lowest BCUT2D eigenvalue weighted by atomic mass is 10.0. The molecule has 0 fully saturated rings. The molecule has 11 nitrogen and oxygen atoms in total. The van der Waals surface area contributed by atoms with Crippen LogP contribution >= 0.6 is 0 Å². The first kappa shape index (κ1) is 29.0. The number of carbonyl (C=O) groups excluding carboxylic acids is 2. The summed E-state index contributed by atoms with van der Waals surface area (Å²) >= 11 is 0. The number of amides is 2. The van der Waals surface area contributed by atoms with E-state index in [-0.39, 0.29) is 35.9 Å². The molecule has 0 saturated carbocycles. The molecule has 41 heavy (non-hydrogen) atoms. The first-order valence-electron chi connectivity index (χ1n) is 12.3. The fourth-order valence-electron chi connectivity index (χ4n) is 3.71. The number of hydrogen-bond donors (Lipinski definition) is 4. The summed E-state index contributed by atoms with van der Waals surface area (Å²) in [6, 6.07) is 10.1. The van der Waals surface area contributed by atoms with Crippen molar-refractivity contribution in [3.05, 3.63) is 77.4 Å². The van der Waals surface area contributed by atoms with Crippen molar-refractivity contribution in [1.82, 2.24) is 30.5 Å². The molecule has 0 aliphatic heterocycles. The van der Waals surface area contributed by atoms with Crippen LogP contribution in [0, 0.1) is 6.92 Å². The first-order valence-corrected chi connectivity index (χ1v) is 12.3. The molecule has 1 atom stereocenters. The summed E-state index contributed by atoms with van der Waals surface area (Å²) in [5.74, 6) is -1.05. The van der Waals surface area contributed by atoms with Crippen molar-refractivity contribution in [3.8, 4) is 22.5 Å². The van der Waals surface area contributed by atoms with E-state index in [2.05, 4.69) is 41.1 Å². The number of carbonyl (C=O) groups is 2. The number of aliphatic hydroxyl groups is 1. The van der Waals surface area contributed by atoms with Crippen molar-refractivity contribution < 1.29 is 27.9 Å². The Labute approximate surface area is 232 Å². The fourth-order valence-corrected chi connectivity index (χ4v) is 3.71. The number of halogens is 3. The highest BCUT2D eigenvalue weighted by atomic mass is 19.4. The van der Waals surface area contributed by atoms with Crippen LogP contribution in [0.15, 0.2) is 54.9 Å². The zero-order valence-electron chi connectivity index (χ0n) is 22.1. The lowest BCUT2D eigenvalue weighted by molar-refractivity contribution is -0.137. The van der Waals surface area contributed by atoms with Crippen molar-refractivity contribution in [3.63, 3.8) is 0 Å². The highest BCUT2D eigenvalue weighted by Crippen LogP contribution is 2.31. The van der Waals surface area contributed by atoms with Gasteiger partial charge in [0.05, 0.1) is 29.8 Å². The molecule has 0 bridgehead atoms. The molecule has 212 valence electrons. The van der Waals surface area contributed by atoms with Crippen LogP contribution in [0.2, 0.25) is 0 Å². The van der Waals surface area contributed by atoms with Crippen LogP contribution in [0.3, 0.4) is 0 Å². The Bertz CT molecular complexity index is 1600. The van der Waals surface area contributed by atoms with Crippen molar-refractivity contribution in [2.75, 3.05) is 24.3 Å². The monoisotopic (exact) mass is 566 g/mol. The minimum Gasteiger partial charge on any atom is -0.394 e. The smallest absolute Gasteiger partial charge is 0.394 e. The van der Waals surface area contributed by atoms with Crippen LogP contribution < -0.4 is 16.0 Å². The van der Waals surface area contributed by atoms with E-state index in [1.807, 2.05) is 6.92 Å². The van der Waals surface area contributed by atoms with Gasteiger partial charge in [0.25, 0.3) is 11.8 Å².